The molecule has 0 bridgehead atoms. The van der Waals surface area contributed by atoms with Crippen molar-refractivity contribution < 1.29 is 19.4 Å². The predicted octanol–water partition coefficient (Wildman–Crippen LogP) is 3.93. The quantitative estimate of drug-likeness (QED) is 0.455. The summed E-state index contributed by atoms with van der Waals surface area (Å²) in [4.78, 5) is 27.5. The number of nitrogens with zero attached hydrogens (tertiary/aromatic N) is 2. The van der Waals surface area contributed by atoms with Crippen LogP contribution in [0.4, 0.5) is 11.5 Å². The Kier molecular flexibility index (Phi) is 6.82. The van der Waals surface area contributed by atoms with Crippen LogP contribution >= 0.6 is 0 Å². The summed E-state index contributed by atoms with van der Waals surface area (Å²) in [6, 6.07) is 6.91. The van der Waals surface area contributed by atoms with Crippen LogP contribution in [0.1, 0.15) is 54.0 Å². The fraction of sp³-hybridized carbons (Fsp3) is 0.385. The number of fused-ring (bicyclic) bond motifs is 1. The number of nitrogen functional groups attached to an aromatic ring is 1. The summed E-state index contributed by atoms with van der Waals surface area (Å²) in [7, 11) is 5.21. The van der Waals surface area contributed by atoms with E-state index in [9.17, 15) is 14.7 Å². The molecule has 1 aromatic heterocycles. The predicted molar refractivity (Wildman–Crippen MR) is 136 cm³/mol. The summed E-state index contributed by atoms with van der Waals surface area (Å²) >= 11 is 0. The number of hydrogen-bond acceptors (Lipinski definition) is 6. The zero-order valence-corrected chi connectivity index (χ0v) is 20.9. The first-order valence-electron chi connectivity index (χ1n) is 11.2. The number of nitrogens with two attached hydrogens (primary N) is 1. The lowest BCUT2D eigenvalue weighted by atomic mass is 9.84. The molecule has 1 heterocycles. The molecule has 0 aliphatic carbocycles. The molecule has 3 aromatic rings. The lowest BCUT2D eigenvalue weighted by molar-refractivity contribution is 0.0955. The van der Waals surface area contributed by atoms with E-state index in [-0.39, 0.29) is 29.4 Å². The van der Waals surface area contributed by atoms with Crippen LogP contribution in [0, 0.1) is 0 Å². The van der Waals surface area contributed by atoms with Crippen LogP contribution in [-0.2, 0) is 12.0 Å². The maximum Gasteiger partial charge on any atom is 0.254 e. The van der Waals surface area contributed by atoms with Gasteiger partial charge in [-0.3, -0.25) is 9.59 Å². The first-order chi connectivity index (χ1) is 15.9. The average Bonchev–Trinajstić information content (AvgIpc) is 3.06. The summed E-state index contributed by atoms with van der Waals surface area (Å²) in [6.45, 7) is 8.25. The molecule has 0 aliphatic rings. The third-order valence-corrected chi connectivity index (χ3v) is 5.82. The van der Waals surface area contributed by atoms with Crippen molar-refractivity contribution in [3.63, 3.8) is 0 Å². The molecule has 3 rings (SSSR count). The summed E-state index contributed by atoms with van der Waals surface area (Å²) in [5, 5.41) is 14.8. The molecule has 2 aromatic carbocycles. The Morgan fingerprint density at radius 1 is 1.18 bits per heavy atom. The van der Waals surface area contributed by atoms with Gasteiger partial charge in [-0.2, -0.15) is 0 Å². The Morgan fingerprint density at radius 2 is 1.85 bits per heavy atom. The van der Waals surface area contributed by atoms with Gasteiger partial charge in [0, 0.05) is 49.2 Å². The summed E-state index contributed by atoms with van der Waals surface area (Å²) in [5.74, 6) is 0.604. The molecule has 0 fully saturated rings. The van der Waals surface area contributed by atoms with Gasteiger partial charge < -0.3 is 30.4 Å². The van der Waals surface area contributed by atoms with Crippen molar-refractivity contribution >= 4 is 34.0 Å². The molecular formula is C26H34N4O4. The zero-order valence-electron chi connectivity index (χ0n) is 20.9. The zero-order chi connectivity index (χ0) is 25.4. The number of rotatable bonds is 7. The summed E-state index contributed by atoms with van der Waals surface area (Å²) in [5.41, 5.74) is 8.20. The van der Waals surface area contributed by atoms with Crippen LogP contribution < -0.4 is 20.7 Å². The SMILES string of the molecule is CCOc1cc2cn(CC(=O)c3cc(N(C)C)c(O)c(C(C)(C)C)c3)c(N)c2cc1C(=O)NC. The van der Waals surface area contributed by atoms with Crippen molar-refractivity contribution in [3.05, 3.63) is 47.2 Å². The lowest BCUT2D eigenvalue weighted by Crippen LogP contribution is -2.19. The maximum absolute atomic E-state index is 13.3. The van der Waals surface area contributed by atoms with Crippen molar-refractivity contribution in [3.8, 4) is 11.5 Å². The highest BCUT2D eigenvalue weighted by atomic mass is 16.5. The van der Waals surface area contributed by atoms with Crippen molar-refractivity contribution in [2.24, 2.45) is 0 Å². The van der Waals surface area contributed by atoms with Crippen LogP contribution in [0.25, 0.3) is 10.8 Å². The van der Waals surface area contributed by atoms with Crippen LogP contribution in [0.2, 0.25) is 0 Å². The number of benzene rings is 2. The Labute approximate surface area is 200 Å². The molecule has 0 unspecified atom stereocenters. The van der Waals surface area contributed by atoms with Gasteiger partial charge in [0.25, 0.3) is 5.91 Å². The standard InChI is InChI=1S/C26H34N4O4/c1-8-34-22-11-16-13-30(24(27)17(16)12-18(22)25(33)28-5)14-21(31)15-9-19(26(2,3)4)23(32)20(10-15)29(6)7/h9-13,32H,8,14,27H2,1-7H3,(H,28,33). The number of carbonyl (C=O) groups is 2. The fourth-order valence-corrected chi connectivity index (χ4v) is 3.97. The molecule has 182 valence electrons. The molecule has 0 radical (unpaired) electrons. The molecule has 8 heteroatoms. The largest absolute Gasteiger partial charge is 0.505 e. The molecule has 1 amide bonds. The second-order valence-corrected chi connectivity index (χ2v) is 9.55. The number of amides is 1. The van der Waals surface area contributed by atoms with Crippen molar-refractivity contribution in [1.82, 2.24) is 9.88 Å². The number of aromatic hydroxyl groups is 1. The van der Waals surface area contributed by atoms with E-state index in [0.717, 1.165) is 5.39 Å². The molecule has 0 aliphatic heterocycles. The number of anilines is 2. The van der Waals surface area contributed by atoms with Gasteiger partial charge in [-0.15, -0.1) is 0 Å². The summed E-state index contributed by atoms with van der Waals surface area (Å²) in [6.07, 6.45) is 1.79. The number of phenolic OH excluding ortho intramolecular Hbond substituents is 1. The smallest absolute Gasteiger partial charge is 0.254 e. The molecule has 0 saturated heterocycles. The lowest BCUT2D eigenvalue weighted by Gasteiger charge is -2.25. The maximum atomic E-state index is 13.3. The second-order valence-electron chi connectivity index (χ2n) is 9.55. The topological polar surface area (TPSA) is 110 Å². The number of phenols is 1. The van der Waals surface area contributed by atoms with Gasteiger partial charge in [0.1, 0.15) is 17.3 Å². The first-order valence-corrected chi connectivity index (χ1v) is 11.2. The van der Waals surface area contributed by atoms with E-state index < -0.39 is 0 Å². The van der Waals surface area contributed by atoms with Crippen LogP contribution in [0.15, 0.2) is 30.5 Å². The minimum Gasteiger partial charge on any atom is -0.505 e. The number of hydrogen-bond donors (Lipinski definition) is 3. The van der Waals surface area contributed by atoms with E-state index in [2.05, 4.69) is 5.32 Å². The monoisotopic (exact) mass is 466 g/mol. The fourth-order valence-electron chi connectivity index (χ4n) is 3.97. The van der Waals surface area contributed by atoms with E-state index in [1.165, 1.54) is 0 Å². The Hall–Kier alpha value is -3.68. The van der Waals surface area contributed by atoms with Gasteiger partial charge in [0.15, 0.2) is 5.78 Å². The van der Waals surface area contributed by atoms with E-state index in [4.69, 9.17) is 10.5 Å². The molecule has 0 atom stereocenters. The van der Waals surface area contributed by atoms with Crippen molar-refractivity contribution in [2.45, 2.75) is 39.7 Å². The van der Waals surface area contributed by atoms with E-state index in [1.54, 1.807) is 47.0 Å². The van der Waals surface area contributed by atoms with Gasteiger partial charge in [-0.25, -0.2) is 0 Å². The highest BCUT2D eigenvalue weighted by Crippen LogP contribution is 2.39. The number of Topliss-reactive ketones (excluding diaryl/α,β-unsaturated/α-hetero) is 1. The molecule has 0 spiro atoms. The molecule has 8 nitrogen and oxygen atoms in total. The van der Waals surface area contributed by atoms with Gasteiger partial charge in [0.05, 0.1) is 24.4 Å². The van der Waals surface area contributed by atoms with E-state index >= 15 is 0 Å². The Morgan fingerprint density at radius 3 is 2.41 bits per heavy atom. The van der Waals surface area contributed by atoms with E-state index in [0.29, 0.717) is 45.9 Å². The number of carbonyl (C=O) groups excluding carboxylic acids is 2. The molecule has 34 heavy (non-hydrogen) atoms. The average molecular weight is 467 g/mol. The Bertz CT molecular complexity index is 1250. The minimum atomic E-state index is -0.349. The van der Waals surface area contributed by atoms with Crippen molar-refractivity contribution in [2.75, 3.05) is 38.4 Å². The van der Waals surface area contributed by atoms with E-state index in [1.807, 2.05) is 41.8 Å². The third-order valence-electron chi connectivity index (χ3n) is 5.82. The number of ether oxygens (including phenoxy) is 1. The van der Waals surface area contributed by atoms with Gasteiger partial charge >= 0.3 is 0 Å². The van der Waals surface area contributed by atoms with Crippen LogP contribution in [0.3, 0.4) is 0 Å². The normalized spacial score (nSPS) is 11.5. The number of aromatic nitrogens is 1. The molecule has 0 saturated carbocycles. The van der Waals surface area contributed by atoms with Gasteiger partial charge in [-0.1, -0.05) is 20.8 Å². The number of ketones is 1. The third kappa shape index (κ3) is 4.66. The summed E-state index contributed by atoms with van der Waals surface area (Å²) < 4.78 is 7.33. The minimum absolute atomic E-state index is 0.0149. The second kappa shape index (κ2) is 9.29. The molecular weight excluding hydrogens is 432 g/mol. The highest BCUT2D eigenvalue weighted by molar-refractivity contribution is 6.05. The highest BCUT2D eigenvalue weighted by Gasteiger charge is 2.24. The first kappa shape index (κ1) is 25.0. The van der Waals surface area contributed by atoms with Crippen molar-refractivity contribution in [1.29, 1.82) is 0 Å². The van der Waals surface area contributed by atoms with Crippen LogP contribution in [0.5, 0.6) is 11.5 Å². The molecule has 4 N–H and O–H groups in total. The van der Waals surface area contributed by atoms with Gasteiger partial charge in [-0.05, 0) is 36.6 Å². The Balaban J connectivity index is 2.06. The van der Waals surface area contributed by atoms with Gasteiger partial charge in [0.2, 0.25) is 0 Å². The number of nitrogens with one attached hydrogen (secondary N) is 1. The van der Waals surface area contributed by atoms with Crippen LogP contribution in [-0.4, -0.2) is 49.1 Å².